The number of carbonyl (C=O) groups excluding carboxylic acids is 1. The molecule has 9 nitrogen and oxygen atoms in total. The average molecular weight is 463 g/mol. The zero-order valence-corrected chi connectivity index (χ0v) is 18.3. The number of sulfonamides is 1. The van der Waals surface area contributed by atoms with E-state index in [2.05, 4.69) is 14.9 Å². The number of ether oxygens (including phenoxy) is 1. The summed E-state index contributed by atoms with van der Waals surface area (Å²) in [5, 5.41) is 4.31. The second-order valence-electron chi connectivity index (χ2n) is 6.93. The Balaban J connectivity index is 1.65. The molecule has 1 aromatic heterocycles. The third-order valence-electron chi connectivity index (χ3n) is 4.72. The lowest BCUT2D eigenvalue weighted by atomic mass is 10.2. The van der Waals surface area contributed by atoms with Crippen molar-refractivity contribution in [2.24, 2.45) is 0 Å². The highest BCUT2D eigenvalue weighted by molar-refractivity contribution is 7.92. The molecule has 0 fully saturated rings. The van der Waals surface area contributed by atoms with Crippen LogP contribution in [0, 0.1) is 6.92 Å². The summed E-state index contributed by atoms with van der Waals surface area (Å²) >= 11 is 6.09. The van der Waals surface area contributed by atoms with Gasteiger partial charge in [0.2, 0.25) is 5.89 Å². The van der Waals surface area contributed by atoms with Gasteiger partial charge in [-0.15, -0.1) is 0 Å². The van der Waals surface area contributed by atoms with Gasteiger partial charge in [-0.1, -0.05) is 29.7 Å². The van der Waals surface area contributed by atoms with E-state index in [1.807, 2.05) is 13.8 Å². The first kappa shape index (κ1) is 21.1. The fourth-order valence-electron chi connectivity index (χ4n) is 3.03. The maximum Gasteiger partial charge on any atom is 0.265 e. The smallest absolute Gasteiger partial charge is 0.265 e. The van der Waals surface area contributed by atoms with Gasteiger partial charge in [0.05, 0.1) is 22.8 Å². The van der Waals surface area contributed by atoms with Crippen molar-refractivity contribution >= 4 is 38.9 Å². The lowest BCUT2D eigenvalue weighted by Gasteiger charge is -2.28. The molecule has 0 saturated heterocycles. The van der Waals surface area contributed by atoms with E-state index >= 15 is 0 Å². The van der Waals surface area contributed by atoms with Gasteiger partial charge in [-0.25, -0.2) is 8.42 Å². The first-order valence-corrected chi connectivity index (χ1v) is 11.3. The number of benzene rings is 2. The summed E-state index contributed by atoms with van der Waals surface area (Å²) in [4.78, 5) is 18.1. The van der Waals surface area contributed by atoms with Crippen LogP contribution in [0.15, 0.2) is 45.8 Å². The van der Waals surface area contributed by atoms with Crippen molar-refractivity contribution in [3.63, 3.8) is 0 Å². The van der Waals surface area contributed by atoms with E-state index in [4.69, 9.17) is 20.9 Å². The zero-order chi connectivity index (χ0) is 22.2. The van der Waals surface area contributed by atoms with Crippen LogP contribution in [0.3, 0.4) is 0 Å². The fourth-order valence-corrected chi connectivity index (χ4v) is 4.28. The van der Waals surface area contributed by atoms with Crippen LogP contribution in [0.25, 0.3) is 0 Å². The number of fused-ring (bicyclic) bond motifs is 1. The number of halogens is 1. The Morgan fingerprint density at radius 1 is 1.23 bits per heavy atom. The van der Waals surface area contributed by atoms with E-state index < -0.39 is 10.0 Å². The van der Waals surface area contributed by atoms with Gasteiger partial charge in [0, 0.05) is 11.4 Å². The number of nitrogens with one attached hydrogen (secondary N) is 1. The predicted octanol–water partition coefficient (Wildman–Crippen LogP) is 3.32. The first-order chi connectivity index (χ1) is 14.8. The third kappa shape index (κ3) is 4.35. The van der Waals surface area contributed by atoms with Crippen LogP contribution in [-0.2, 0) is 27.8 Å². The highest BCUT2D eigenvalue weighted by Crippen LogP contribution is 2.35. The normalized spacial score (nSPS) is 13.6. The van der Waals surface area contributed by atoms with Gasteiger partial charge >= 0.3 is 0 Å². The number of aryl methyl sites for hydroxylation is 2. The molecule has 2 aromatic carbocycles. The van der Waals surface area contributed by atoms with Crippen LogP contribution in [0.5, 0.6) is 5.75 Å². The highest BCUT2D eigenvalue weighted by atomic mass is 35.5. The molecule has 162 valence electrons. The minimum absolute atomic E-state index is 0.0309. The molecular weight excluding hydrogens is 444 g/mol. The van der Waals surface area contributed by atoms with Gasteiger partial charge in [-0.05, 0) is 42.8 Å². The lowest BCUT2D eigenvalue weighted by Crippen LogP contribution is -2.38. The molecular formula is C20H19ClN4O5S. The largest absolute Gasteiger partial charge is 0.482 e. The predicted molar refractivity (Wildman–Crippen MR) is 114 cm³/mol. The van der Waals surface area contributed by atoms with Crippen LogP contribution < -0.4 is 14.4 Å². The molecule has 0 aliphatic carbocycles. The number of carbonyl (C=O) groups is 1. The van der Waals surface area contributed by atoms with Crippen molar-refractivity contribution in [3.8, 4) is 5.75 Å². The number of aromatic nitrogens is 2. The molecule has 0 spiro atoms. The molecule has 0 saturated carbocycles. The van der Waals surface area contributed by atoms with Gasteiger partial charge in [-0.2, -0.15) is 4.98 Å². The number of hydrogen-bond acceptors (Lipinski definition) is 7. The molecule has 0 unspecified atom stereocenters. The fraction of sp³-hybridized carbons (Fsp3) is 0.250. The molecule has 0 atom stereocenters. The third-order valence-corrected chi connectivity index (χ3v) is 6.51. The summed E-state index contributed by atoms with van der Waals surface area (Å²) in [6.45, 7) is 3.56. The molecule has 1 N–H and O–H groups in total. The monoisotopic (exact) mass is 462 g/mol. The van der Waals surface area contributed by atoms with Crippen molar-refractivity contribution in [1.29, 1.82) is 0 Å². The minimum atomic E-state index is -3.94. The van der Waals surface area contributed by atoms with Gasteiger partial charge < -0.3 is 9.26 Å². The van der Waals surface area contributed by atoms with E-state index in [9.17, 15) is 13.2 Å². The Labute approximate surface area is 184 Å². The molecule has 1 aliphatic heterocycles. The Bertz CT molecular complexity index is 1260. The SMILES string of the molecule is CCc1nc(CN2C(=O)COc3ccc(S(=O)(=O)Nc4ccc(C)c(Cl)c4)cc32)no1. The second-order valence-corrected chi connectivity index (χ2v) is 9.02. The number of rotatable bonds is 6. The highest BCUT2D eigenvalue weighted by Gasteiger charge is 2.29. The number of amides is 1. The summed E-state index contributed by atoms with van der Waals surface area (Å²) in [7, 11) is -3.94. The van der Waals surface area contributed by atoms with Crippen molar-refractivity contribution in [1.82, 2.24) is 10.1 Å². The van der Waals surface area contributed by atoms with E-state index in [0.717, 1.165) is 5.56 Å². The number of hydrogen-bond donors (Lipinski definition) is 1. The summed E-state index contributed by atoms with van der Waals surface area (Å²) in [5.74, 6) is 0.811. The van der Waals surface area contributed by atoms with E-state index in [1.165, 1.54) is 29.2 Å². The maximum absolute atomic E-state index is 12.9. The molecule has 11 heteroatoms. The molecule has 1 amide bonds. The van der Waals surface area contributed by atoms with Crippen LogP contribution >= 0.6 is 11.6 Å². The van der Waals surface area contributed by atoms with Crippen molar-refractivity contribution in [2.45, 2.75) is 31.7 Å². The quantitative estimate of drug-likeness (QED) is 0.597. The summed E-state index contributed by atoms with van der Waals surface area (Å²) in [6, 6.07) is 9.18. The van der Waals surface area contributed by atoms with Gasteiger partial charge in [0.25, 0.3) is 15.9 Å². The summed E-state index contributed by atoms with van der Waals surface area (Å²) < 4.78 is 38.9. The topological polar surface area (TPSA) is 115 Å². The molecule has 0 radical (unpaired) electrons. The van der Waals surface area contributed by atoms with Crippen molar-refractivity contribution in [2.75, 3.05) is 16.2 Å². The van der Waals surface area contributed by atoms with E-state index in [0.29, 0.717) is 40.3 Å². The molecule has 31 heavy (non-hydrogen) atoms. The van der Waals surface area contributed by atoms with Crippen LogP contribution in [-0.4, -0.2) is 31.1 Å². The Morgan fingerprint density at radius 3 is 2.74 bits per heavy atom. The van der Waals surface area contributed by atoms with E-state index in [1.54, 1.807) is 12.1 Å². The van der Waals surface area contributed by atoms with Crippen LogP contribution in [0.4, 0.5) is 11.4 Å². The number of anilines is 2. The van der Waals surface area contributed by atoms with E-state index in [-0.39, 0.29) is 24.0 Å². The Kier molecular flexibility index (Phi) is 5.59. The van der Waals surface area contributed by atoms with Gasteiger partial charge in [0.15, 0.2) is 12.4 Å². The van der Waals surface area contributed by atoms with Crippen LogP contribution in [0.2, 0.25) is 5.02 Å². The minimum Gasteiger partial charge on any atom is -0.482 e. The first-order valence-electron chi connectivity index (χ1n) is 9.44. The maximum atomic E-state index is 12.9. The molecule has 4 rings (SSSR count). The van der Waals surface area contributed by atoms with Crippen molar-refractivity contribution in [3.05, 3.63) is 58.7 Å². The van der Waals surface area contributed by atoms with Crippen molar-refractivity contribution < 1.29 is 22.5 Å². The lowest BCUT2D eigenvalue weighted by molar-refractivity contribution is -0.121. The summed E-state index contributed by atoms with van der Waals surface area (Å²) in [6.07, 6.45) is 0.567. The molecule has 2 heterocycles. The molecule has 3 aromatic rings. The van der Waals surface area contributed by atoms with Gasteiger partial charge in [-0.3, -0.25) is 14.4 Å². The average Bonchev–Trinajstić information content (AvgIpc) is 3.20. The second kappa shape index (κ2) is 8.20. The van der Waals surface area contributed by atoms with Gasteiger partial charge in [0.1, 0.15) is 5.75 Å². The zero-order valence-electron chi connectivity index (χ0n) is 16.8. The molecule has 0 bridgehead atoms. The number of nitrogens with zero attached hydrogens (tertiary/aromatic N) is 3. The summed E-state index contributed by atoms with van der Waals surface area (Å²) in [5.41, 5.74) is 1.47. The molecule has 1 aliphatic rings. The van der Waals surface area contributed by atoms with Crippen LogP contribution in [0.1, 0.15) is 24.2 Å². The standard InChI is InChI=1S/C20H19ClN4O5S/c1-3-19-22-18(23-30-19)10-25-16-9-14(6-7-17(16)29-11-20(25)26)31(27,28)24-13-5-4-12(2)15(21)8-13/h4-9,24H,3,10-11H2,1-2H3. The Hall–Kier alpha value is -3.11. The Morgan fingerprint density at radius 2 is 2.03 bits per heavy atom.